The van der Waals surface area contributed by atoms with Crippen LogP contribution in [0.4, 0.5) is 4.79 Å². The Hall–Kier alpha value is -4.12. The molecular formula is C32H42N4O7. The first-order valence-corrected chi connectivity index (χ1v) is 14.7. The molecule has 5 rings (SSSR count). The molecule has 2 aromatic carbocycles. The lowest BCUT2D eigenvalue weighted by Crippen LogP contribution is -2.60. The van der Waals surface area contributed by atoms with Crippen molar-refractivity contribution in [3.63, 3.8) is 0 Å². The summed E-state index contributed by atoms with van der Waals surface area (Å²) in [4.78, 5) is 55.4. The van der Waals surface area contributed by atoms with Gasteiger partial charge < -0.3 is 35.4 Å². The monoisotopic (exact) mass is 594 g/mol. The van der Waals surface area contributed by atoms with E-state index in [4.69, 9.17) is 9.47 Å². The van der Waals surface area contributed by atoms with E-state index in [0.29, 0.717) is 17.7 Å². The molecule has 0 aromatic heterocycles. The van der Waals surface area contributed by atoms with E-state index in [2.05, 4.69) is 16.0 Å². The van der Waals surface area contributed by atoms with Gasteiger partial charge in [-0.3, -0.25) is 14.4 Å². The fourth-order valence-electron chi connectivity index (χ4n) is 5.27. The number of alkyl carbamates (subject to hydrolysis) is 1. The minimum absolute atomic E-state index is 0.0523. The normalized spacial score (nSPS) is 23.4. The highest BCUT2D eigenvalue weighted by atomic mass is 16.6. The molecule has 43 heavy (non-hydrogen) atoms. The molecule has 2 aromatic rings. The summed E-state index contributed by atoms with van der Waals surface area (Å²) in [5.74, 6) is -1.30. The van der Waals surface area contributed by atoms with Gasteiger partial charge in [-0.1, -0.05) is 56.3 Å². The summed E-state index contributed by atoms with van der Waals surface area (Å²) >= 11 is 0. The minimum atomic E-state index is -1.08. The SMILES string of the molecule is CC(C)[C@H](NC(=O)OC(C)(C)C)C(=O)N1CC[C@@H]2Oc3ccc(cc3)[C@@H](O)CNC(=O)[C@H](Cc3ccccc3)NC(=O)[C@H]21. The predicted octanol–water partition coefficient (Wildman–Crippen LogP) is 2.47. The Balaban J connectivity index is 1.66. The number of aliphatic hydroxyl groups excluding tert-OH is 1. The Bertz CT molecular complexity index is 1290. The second-order valence-corrected chi connectivity index (χ2v) is 12.4. The number of aliphatic hydroxyl groups is 1. The van der Waals surface area contributed by atoms with Crippen LogP contribution < -0.4 is 20.7 Å². The van der Waals surface area contributed by atoms with E-state index < -0.39 is 59.7 Å². The number of hydrogen-bond donors (Lipinski definition) is 4. The number of benzene rings is 2. The number of hydrogen-bond acceptors (Lipinski definition) is 7. The number of ether oxygens (including phenoxy) is 2. The number of carbonyl (C=O) groups is 4. The quantitative estimate of drug-likeness (QED) is 0.416. The molecule has 0 saturated carbocycles. The van der Waals surface area contributed by atoms with Crippen LogP contribution in [0.1, 0.15) is 58.3 Å². The summed E-state index contributed by atoms with van der Waals surface area (Å²) in [7, 11) is 0. The Kier molecular flexibility index (Phi) is 9.95. The van der Waals surface area contributed by atoms with E-state index in [0.717, 1.165) is 5.56 Å². The maximum atomic E-state index is 14.0. The average molecular weight is 595 g/mol. The van der Waals surface area contributed by atoms with Crippen LogP contribution in [0.25, 0.3) is 0 Å². The minimum Gasteiger partial charge on any atom is -0.488 e. The zero-order valence-electron chi connectivity index (χ0n) is 25.3. The van der Waals surface area contributed by atoms with Crippen LogP contribution in [0.15, 0.2) is 54.6 Å². The molecule has 3 heterocycles. The molecule has 2 bridgehead atoms. The Morgan fingerprint density at radius 3 is 2.37 bits per heavy atom. The number of amides is 4. The van der Waals surface area contributed by atoms with Crippen LogP contribution in [0.2, 0.25) is 0 Å². The van der Waals surface area contributed by atoms with Crippen molar-refractivity contribution in [2.45, 2.75) is 83.4 Å². The van der Waals surface area contributed by atoms with Gasteiger partial charge in [0.05, 0.1) is 6.10 Å². The average Bonchev–Trinajstić information content (AvgIpc) is 3.36. The van der Waals surface area contributed by atoms with E-state index in [1.54, 1.807) is 58.9 Å². The first-order chi connectivity index (χ1) is 20.3. The number of likely N-dealkylation sites (tertiary alicyclic amines) is 1. The second kappa shape index (κ2) is 13.5. The van der Waals surface area contributed by atoms with Gasteiger partial charge in [0.2, 0.25) is 17.7 Å². The molecule has 11 nitrogen and oxygen atoms in total. The van der Waals surface area contributed by atoms with Gasteiger partial charge in [-0.2, -0.15) is 0 Å². The van der Waals surface area contributed by atoms with Crippen LogP contribution in [-0.2, 0) is 25.5 Å². The highest BCUT2D eigenvalue weighted by Crippen LogP contribution is 2.28. The molecule has 3 aliphatic heterocycles. The Morgan fingerprint density at radius 1 is 1.07 bits per heavy atom. The maximum Gasteiger partial charge on any atom is 0.408 e. The van der Waals surface area contributed by atoms with Crippen LogP contribution in [-0.4, -0.2) is 76.7 Å². The molecule has 4 amide bonds. The lowest BCUT2D eigenvalue weighted by Gasteiger charge is -2.33. The number of rotatable bonds is 5. The Labute approximate surface area is 252 Å². The van der Waals surface area contributed by atoms with Gasteiger partial charge in [0.15, 0.2) is 0 Å². The second-order valence-electron chi connectivity index (χ2n) is 12.4. The molecule has 5 atom stereocenters. The standard InChI is InChI=1S/C32H42N4O7/c1-19(2)26(35-31(41)43-32(3,4)5)30(40)36-16-15-25-27(36)29(39)34-23(17-20-9-7-6-8-10-20)28(38)33-18-24(37)21-11-13-22(42-25)14-12-21/h6-14,19,23-27,37H,15-18H2,1-5H3,(H,33,38)(H,34,39)(H,35,41)/t23-,24-,25-,26-,27-/m0/s1. The van der Waals surface area contributed by atoms with Gasteiger partial charge in [0, 0.05) is 25.9 Å². The molecular weight excluding hydrogens is 552 g/mol. The molecule has 0 spiro atoms. The van der Waals surface area contributed by atoms with E-state index in [-0.39, 0.29) is 25.4 Å². The highest BCUT2D eigenvalue weighted by Gasteiger charge is 2.47. The van der Waals surface area contributed by atoms with Gasteiger partial charge in [0.25, 0.3) is 0 Å². The van der Waals surface area contributed by atoms with Crippen molar-refractivity contribution in [1.29, 1.82) is 0 Å². The number of nitrogens with zero attached hydrogens (tertiary/aromatic N) is 1. The fraction of sp³-hybridized carbons (Fsp3) is 0.500. The molecule has 3 aliphatic rings. The fourth-order valence-corrected chi connectivity index (χ4v) is 5.27. The third kappa shape index (κ3) is 8.25. The summed E-state index contributed by atoms with van der Waals surface area (Å²) < 4.78 is 11.6. The largest absolute Gasteiger partial charge is 0.488 e. The molecule has 0 unspecified atom stereocenters. The molecule has 1 fully saturated rings. The van der Waals surface area contributed by atoms with Crippen molar-refractivity contribution in [3.8, 4) is 5.75 Å². The van der Waals surface area contributed by atoms with Crippen LogP contribution in [0.5, 0.6) is 5.75 Å². The molecule has 4 N–H and O–H groups in total. The molecule has 0 aliphatic carbocycles. The molecule has 11 heteroatoms. The zero-order chi connectivity index (χ0) is 31.3. The van der Waals surface area contributed by atoms with Crippen LogP contribution in [0, 0.1) is 5.92 Å². The van der Waals surface area contributed by atoms with Crippen molar-refractivity contribution in [1.82, 2.24) is 20.9 Å². The summed E-state index contributed by atoms with van der Waals surface area (Å²) in [5.41, 5.74) is 0.667. The number of carbonyl (C=O) groups excluding carboxylic acids is 4. The molecule has 1 saturated heterocycles. The number of nitrogens with one attached hydrogen (secondary N) is 3. The van der Waals surface area contributed by atoms with Crippen molar-refractivity contribution in [2.24, 2.45) is 5.92 Å². The maximum absolute atomic E-state index is 14.0. The zero-order valence-corrected chi connectivity index (χ0v) is 25.3. The lowest BCUT2D eigenvalue weighted by molar-refractivity contribution is -0.143. The first kappa shape index (κ1) is 31.8. The number of fused-ring (bicyclic) bond motifs is 8. The summed E-state index contributed by atoms with van der Waals surface area (Å²) in [6.45, 7) is 8.94. The van der Waals surface area contributed by atoms with E-state index >= 15 is 0 Å². The third-order valence-corrected chi connectivity index (χ3v) is 7.44. The van der Waals surface area contributed by atoms with Gasteiger partial charge in [-0.05, 0) is 49.9 Å². The van der Waals surface area contributed by atoms with Crippen LogP contribution in [0.3, 0.4) is 0 Å². The van der Waals surface area contributed by atoms with Crippen molar-refractivity contribution in [2.75, 3.05) is 13.1 Å². The summed E-state index contributed by atoms with van der Waals surface area (Å²) in [5, 5.41) is 18.9. The summed E-state index contributed by atoms with van der Waals surface area (Å²) in [6.07, 6.45) is -1.86. The van der Waals surface area contributed by atoms with E-state index in [1.165, 1.54) is 4.90 Å². The predicted molar refractivity (Wildman–Crippen MR) is 159 cm³/mol. The first-order valence-electron chi connectivity index (χ1n) is 14.7. The van der Waals surface area contributed by atoms with E-state index in [1.807, 2.05) is 30.3 Å². The highest BCUT2D eigenvalue weighted by molar-refractivity contribution is 5.95. The van der Waals surface area contributed by atoms with Gasteiger partial charge in [-0.15, -0.1) is 0 Å². The topological polar surface area (TPSA) is 146 Å². The van der Waals surface area contributed by atoms with E-state index in [9.17, 15) is 24.3 Å². The van der Waals surface area contributed by atoms with Crippen LogP contribution >= 0.6 is 0 Å². The molecule has 232 valence electrons. The van der Waals surface area contributed by atoms with Crippen molar-refractivity contribution in [3.05, 3.63) is 65.7 Å². The molecule has 0 radical (unpaired) electrons. The third-order valence-electron chi connectivity index (χ3n) is 7.44. The Morgan fingerprint density at radius 2 is 1.74 bits per heavy atom. The van der Waals surface area contributed by atoms with Gasteiger partial charge >= 0.3 is 6.09 Å². The van der Waals surface area contributed by atoms with Crippen molar-refractivity contribution >= 4 is 23.8 Å². The van der Waals surface area contributed by atoms with Gasteiger partial charge in [0.1, 0.15) is 35.6 Å². The smallest absolute Gasteiger partial charge is 0.408 e. The lowest BCUT2D eigenvalue weighted by atomic mass is 10.0. The summed E-state index contributed by atoms with van der Waals surface area (Å²) in [6, 6.07) is 13.0. The van der Waals surface area contributed by atoms with Gasteiger partial charge in [-0.25, -0.2) is 4.79 Å². The van der Waals surface area contributed by atoms with Crippen molar-refractivity contribution < 1.29 is 33.8 Å².